The molecule has 1 aromatic carbocycles. The average molecular weight is 236 g/mol. The summed E-state index contributed by atoms with van der Waals surface area (Å²) in [5.74, 6) is -0.310. The number of hydrogen-bond acceptors (Lipinski definition) is 3. The van der Waals surface area contributed by atoms with E-state index in [1.165, 1.54) is 0 Å². The Labute approximate surface area is 87.6 Å². The van der Waals surface area contributed by atoms with Crippen molar-refractivity contribution in [1.29, 1.82) is 0 Å². The molecule has 0 radical (unpaired) electrons. The zero-order valence-corrected chi connectivity index (χ0v) is 8.85. The van der Waals surface area contributed by atoms with Crippen molar-refractivity contribution in [2.75, 3.05) is 17.1 Å². The summed E-state index contributed by atoms with van der Waals surface area (Å²) in [5, 5.41) is 9.02. The van der Waals surface area contributed by atoms with Gasteiger partial charge in [-0.3, -0.25) is 4.72 Å². The van der Waals surface area contributed by atoms with Gasteiger partial charge in [0.15, 0.2) is 0 Å². The summed E-state index contributed by atoms with van der Waals surface area (Å²) in [6, 6.07) is 6.27. The van der Waals surface area contributed by atoms with Gasteiger partial charge in [-0.05, 0) is 24.3 Å². The second kappa shape index (κ2) is 4.63. The molecule has 0 bridgehead atoms. The molecule has 78 valence electrons. The van der Waals surface area contributed by atoms with Gasteiger partial charge in [-0.25, -0.2) is 8.42 Å². The minimum absolute atomic E-state index is 0.310. The van der Waals surface area contributed by atoms with Gasteiger partial charge in [0.25, 0.3) is 0 Å². The van der Waals surface area contributed by atoms with E-state index in [2.05, 4.69) is 4.72 Å². The average Bonchev–Trinajstić information content (AvgIpc) is 2.08. The van der Waals surface area contributed by atoms with Gasteiger partial charge < -0.3 is 5.11 Å². The Hall–Kier alpha value is -0.780. The number of benzene rings is 1. The highest BCUT2D eigenvalue weighted by molar-refractivity contribution is 7.92. The Kier molecular flexibility index (Phi) is 3.74. The van der Waals surface area contributed by atoms with Gasteiger partial charge in [0, 0.05) is 10.7 Å². The van der Waals surface area contributed by atoms with Crippen LogP contribution in [0.4, 0.5) is 5.69 Å². The van der Waals surface area contributed by atoms with Crippen LogP contribution in [0.1, 0.15) is 0 Å². The third-order valence-electron chi connectivity index (χ3n) is 1.48. The molecule has 0 unspecified atom stereocenters. The first-order valence-corrected chi connectivity index (χ1v) is 5.93. The minimum Gasteiger partial charge on any atom is -0.395 e. The van der Waals surface area contributed by atoms with Crippen molar-refractivity contribution in [1.82, 2.24) is 0 Å². The maximum absolute atomic E-state index is 11.2. The highest BCUT2D eigenvalue weighted by Crippen LogP contribution is 2.14. The molecule has 0 aromatic heterocycles. The van der Waals surface area contributed by atoms with Crippen LogP contribution < -0.4 is 4.72 Å². The van der Waals surface area contributed by atoms with Crippen molar-refractivity contribution >= 4 is 27.3 Å². The molecule has 1 rings (SSSR count). The Bertz CT molecular complexity index is 388. The van der Waals surface area contributed by atoms with Gasteiger partial charge in [-0.2, -0.15) is 0 Å². The fourth-order valence-electron chi connectivity index (χ4n) is 0.869. The standard InChI is InChI=1S/C8H10ClNO3S/c9-7-1-3-8(4-2-7)10-14(12,13)6-5-11/h1-4,10-11H,5-6H2. The first kappa shape index (κ1) is 11.3. The maximum Gasteiger partial charge on any atom is 0.234 e. The summed E-state index contributed by atoms with van der Waals surface area (Å²) in [7, 11) is -3.44. The van der Waals surface area contributed by atoms with Crippen LogP contribution >= 0.6 is 11.6 Å². The molecule has 0 heterocycles. The fraction of sp³-hybridized carbons (Fsp3) is 0.250. The lowest BCUT2D eigenvalue weighted by molar-refractivity contribution is 0.320. The fourth-order valence-corrected chi connectivity index (χ4v) is 1.83. The molecule has 14 heavy (non-hydrogen) atoms. The Morgan fingerprint density at radius 2 is 1.86 bits per heavy atom. The molecule has 2 N–H and O–H groups in total. The number of hydrogen-bond donors (Lipinski definition) is 2. The van der Waals surface area contributed by atoms with Crippen LogP contribution in [-0.4, -0.2) is 25.9 Å². The number of aliphatic hydroxyl groups excluding tert-OH is 1. The van der Waals surface area contributed by atoms with E-state index in [0.717, 1.165) is 0 Å². The number of rotatable bonds is 4. The number of halogens is 1. The van der Waals surface area contributed by atoms with Crippen LogP contribution in [0, 0.1) is 0 Å². The number of sulfonamides is 1. The summed E-state index contributed by atoms with van der Waals surface area (Å²) in [5.41, 5.74) is 0.433. The normalized spacial score (nSPS) is 11.3. The van der Waals surface area contributed by atoms with E-state index in [0.29, 0.717) is 10.7 Å². The van der Waals surface area contributed by atoms with Gasteiger partial charge in [-0.1, -0.05) is 11.6 Å². The van der Waals surface area contributed by atoms with Crippen LogP contribution in [0.15, 0.2) is 24.3 Å². The van der Waals surface area contributed by atoms with Crippen LogP contribution in [0.3, 0.4) is 0 Å². The van der Waals surface area contributed by atoms with Crippen molar-refractivity contribution in [2.24, 2.45) is 0 Å². The lowest BCUT2D eigenvalue weighted by atomic mass is 10.3. The topological polar surface area (TPSA) is 66.4 Å². The predicted molar refractivity (Wildman–Crippen MR) is 55.9 cm³/mol. The number of aliphatic hydroxyl groups is 1. The largest absolute Gasteiger partial charge is 0.395 e. The third kappa shape index (κ3) is 3.53. The molecule has 1 aromatic rings. The van der Waals surface area contributed by atoms with Crippen LogP contribution in [-0.2, 0) is 10.0 Å². The van der Waals surface area contributed by atoms with E-state index in [1.807, 2.05) is 0 Å². The van der Waals surface area contributed by atoms with Gasteiger partial charge in [0.1, 0.15) is 0 Å². The first-order chi connectivity index (χ1) is 6.53. The number of anilines is 1. The van der Waals surface area contributed by atoms with E-state index in [9.17, 15) is 8.42 Å². The molecule has 0 amide bonds. The monoisotopic (exact) mass is 235 g/mol. The predicted octanol–water partition coefficient (Wildman–Crippen LogP) is 1.07. The van der Waals surface area contributed by atoms with Gasteiger partial charge in [-0.15, -0.1) is 0 Å². The summed E-state index contributed by atoms with van der Waals surface area (Å²) >= 11 is 5.63. The lowest BCUT2D eigenvalue weighted by Gasteiger charge is -2.05. The Balaban J connectivity index is 2.74. The summed E-state index contributed by atoms with van der Waals surface area (Å²) in [4.78, 5) is 0. The molecule has 0 aliphatic carbocycles. The molecule has 0 saturated heterocycles. The molecule has 0 fully saturated rings. The summed E-state index contributed by atoms with van der Waals surface area (Å²) < 4.78 is 24.7. The van der Waals surface area contributed by atoms with Crippen molar-refractivity contribution in [3.8, 4) is 0 Å². The molecule has 0 aliphatic rings. The van der Waals surface area contributed by atoms with Crippen molar-refractivity contribution in [3.63, 3.8) is 0 Å². The molecule has 0 saturated carbocycles. The highest BCUT2D eigenvalue weighted by atomic mass is 35.5. The van der Waals surface area contributed by atoms with Crippen molar-refractivity contribution in [2.45, 2.75) is 0 Å². The second-order valence-corrected chi connectivity index (χ2v) is 4.93. The van der Waals surface area contributed by atoms with Gasteiger partial charge >= 0.3 is 0 Å². The molecule has 6 heteroatoms. The van der Waals surface area contributed by atoms with E-state index in [-0.39, 0.29) is 5.75 Å². The van der Waals surface area contributed by atoms with E-state index in [1.54, 1.807) is 24.3 Å². The molecular weight excluding hydrogens is 226 g/mol. The minimum atomic E-state index is -3.44. The molecule has 4 nitrogen and oxygen atoms in total. The lowest BCUT2D eigenvalue weighted by Crippen LogP contribution is -2.18. The molecule has 0 spiro atoms. The third-order valence-corrected chi connectivity index (χ3v) is 3.00. The van der Waals surface area contributed by atoms with E-state index < -0.39 is 16.6 Å². The van der Waals surface area contributed by atoms with Crippen molar-refractivity contribution < 1.29 is 13.5 Å². The maximum atomic E-state index is 11.2. The summed E-state index contributed by atoms with van der Waals surface area (Å²) in [6.07, 6.45) is 0. The van der Waals surface area contributed by atoms with E-state index in [4.69, 9.17) is 16.7 Å². The molecular formula is C8H10ClNO3S. The van der Waals surface area contributed by atoms with Crippen LogP contribution in [0.25, 0.3) is 0 Å². The molecule has 0 aliphatic heterocycles. The SMILES string of the molecule is O=S(=O)(CCO)Nc1ccc(Cl)cc1. The van der Waals surface area contributed by atoms with Crippen molar-refractivity contribution in [3.05, 3.63) is 29.3 Å². The zero-order valence-electron chi connectivity index (χ0n) is 7.27. The highest BCUT2D eigenvalue weighted by Gasteiger charge is 2.08. The first-order valence-electron chi connectivity index (χ1n) is 3.90. The Morgan fingerprint density at radius 1 is 1.29 bits per heavy atom. The second-order valence-electron chi connectivity index (χ2n) is 2.65. The number of nitrogens with one attached hydrogen (secondary N) is 1. The van der Waals surface area contributed by atoms with Crippen LogP contribution in [0.2, 0.25) is 5.02 Å². The Morgan fingerprint density at radius 3 is 2.36 bits per heavy atom. The summed E-state index contributed by atoms with van der Waals surface area (Å²) in [6.45, 7) is -0.400. The zero-order chi connectivity index (χ0) is 10.6. The van der Waals surface area contributed by atoms with Gasteiger partial charge in [0.2, 0.25) is 10.0 Å². The van der Waals surface area contributed by atoms with Crippen LogP contribution in [0.5, 0.6) is 0 Å². The molecule has 0 atom stereocenters. The van der Waals surface area contributed by atoms with Gasteiger partial charge in [0.05, 0.1) is 12.4 Å². The quantitative estimate of drug-likeness (QED) is 0.821. The smallest absolute Gasteiger partial charge is 0.234 e. The van der Waals surface area contributed by atoms with E-state index >= 15 is 0 Å².